The summed E-state index contributed by atoms with van der Waals surface area (Å²) in [5.74, 6) is 0.549. The van der Waals surface area contributed by atoms with E-state index in [1.54, 1.807) is 41.3 Å². The molecule has 2 aliphatic rings. The van der Waals surface area contributed by atoms with Gasteiger partial charge in [-0.05, 0) is 80.6 Å². The molecule has 0 N–H and O–H groups in total. The van der Waals surface area contributed by atoms with E-state index in [4.69, 9.17) is 0 Å². The third-order valence-electron chi connectivity index (χ3n) is 7.09. The van der Waals surface area contributed by atoms with Crippen molar-refractivity contribution in [1.29, 1.82) is 0 Å². The van der Waals surface area contributed by atoms with Gasteiger partial charge in [0.25, 0.3) is 0 Å². The number of hydrogen-bond acceptors (Lipinski definition) is 6. The number of halogens is 1. The van der Waals surface area contributed by atoms with Gasteiger partial charge in [-0.1, -0.05) is 17.7 Å². The summed E-state index contributed by atoms with van der Waals surface area (Å²) < 4.78 is 41.4. The van der Waals surface area contributed by atoms with Crippen LogP contribution in [0.25, 0.3) is 11.3 Å². The smallest absolute Gasteiger partial charge is 0.243 e. The van der Waals surface area contributed by atoms with Crippen molar-refractivity contribution in [3.63, 3.8) is 0 Å². The first kappa shape index (κ1) is 26.2. The molecular formula is C28H32FN5O3S. The average Bonchev–Trinajstić information content (AvgIpc) is 3.76. The van der Waals surface area contributed by atoms with Crippen LogP contribution in [0.5, 0.6) is 0 Å². The van der Waals surface area contributed by atoms with Gasteiger partial charge in [-0.2, -0.15) is 4.31 Å². The van der Waals surface area contributed by atoms with E-state index in [1.807, 2.05) is 19.1 Å². The Labute approximate surface area is 223 Å². The van der Waals surface area contributed by atoms with Gasteiger partial charge in [0.15, 0.2) is 5.82 Å². The molecule has 2 fully saturated rings. The Balaban J connectivity index is 1.23. The maximum Gasteiger partial charge on any atom is 0.243 e. The van der Waals surface area contributed by atoms with Crippen molar-refractivity contribution >= 4 is 21.7 Å². The molecule has 1 aromatic heterocycles. The lowest BCUT2D eigenvalue weighted by Gasteiger charge is -2.27. The van der Waals surface area contributed by atoms with Gasteiger partial charge in [-0.15, -0.1) is 10.2 Å². The van der Waals surface area contributed by atoms with Gasteiger partial charge in [0.2, 0.25) is 15.9 Å². The first-order valence-corrected chi connectivity index (χ1v) is 14.4. The molecule has 1 aliphatic carbocycles. The highest BCUT2D eigenvalue weighted by Crippen LogP contribution is 2.32. The molecule has 0 bridgehead atoms. The van der Waals surface area contributed by atoms with Crippen molar-refractivity contribution in [2.45, 2.75) is 31.1 Å². The maximum absolute atomic E-state index is 13.4. The number of aromatic nitrogens is 2. The Bertz CT molecular complexity index is 1360. The molecule has 10 heteroatoms. The van der Waals surface area contributed by atoms with E-state index in [1.165, 1.54) is 16.4 Å². The second-order valence-corrected chi connectivity index (χ2v) is 12.0. The molecule has 0 spiro atoms. The SMILES string of the molecule is Cc1ccc(S(=O)(=O)N(CC(=O)N2CCCN(c3ccc(-c4ccc(F)cc4)nn3)CC2)CC2CC2)cc1. The van der Waals surface area contributed by atoms with Crippen LogP contribution in [0, 0.1) is 18.7 Å². The normalized spacial score (nSPS) is 16.5. The molecule has 1 aliphatic heterocycles. The molecule has 2 heterocycles. The van der Waals surface area contributed by atoms with Crippen molar-refractivity contribution < 1.29 is 17.6 Å². The first-order chi connectivity index (χ1) is 18.3. The second kappa shape index (κ2) is 11.2. The minimum absolute atomic E-state index is 0.154. The minimum Gasteiger partial charge on any atom is -0.353 e. The Hall–Kier alpha value is -3.37. The molecule has 0 unspecified atom stereocenters. The topological polar surface area (TPSA) is 86.7 Å². The van der Waals surface area contributed by atoms with Crippen LogP contribution in [0.1, 0.15) is 24.8 Å². The van der Waals surface area contributed by atoms with Crippen LogP contribution in [0.4, 0.5) is 10.2 Å². The van der Waals surface area contributed by atoms with Gasteiger partial charge in [-0.3, -0.25) is 4.79 Å². The van der Waals surface area contributed by atoms with Crippen molar-refractivity contribution in [2.75, 3.05) is 44.2 Å². The lowest BCUT2D eigenvalue weighted by atomic mass is 10.1. The van der Waals surface area contributed by atoms with Gasteiger partial charge >= 0.3 is 0 Å². The zero-order valence-corrected chi connectivity index (χ0v) is 22.3. The molecule has 5 rings (SSSR count). The zero-order chi connectivity index (χ0) is 26.7. The summed E-state index contributed by atoms with van der Waals surface area (Å²) in [5, 5.41) is 8.67. The molecule has 1 amide bonds. The van der Waals surface area contributed by atoms with Gasteiger partial charge in [0, 0.05) is 38.3 Å². The lowest BCUT2D eigenvalue weighted by molar-refractivity contribution is -0.131. The number of rotatable bonds is 8. The van der Waals surface area contributed by atoms with Crippen LogP contribution in [0.15, 0.2) is 65.6 Å². The Morgan fingerprint density at radius 2 is 1.68 bits per heavy atom. The van der Waals surface area contributed by atoms with Gasteiger partial charge in [0.1, 0.15) is 5.82 Å². The molecule has 200 valence electrons. The van der Waals surface area contributed by atoms with E-state index in [-0.39, 0.29) is 23.2 Å². The highest BCUT2D eigenvalue weighted by molar-refractivity contribution is 7.89. The van der Waals surface area contributed by atoms with E-state index >= 15 is 0 Å². The fraction of sp³-hybridized carbons (Fsp3) is 0.393. The predicted octanol–water partition coefficient (Wildman–Crippen LogP) is 3.73. The highest BCUT2D eigenvalue weighted by atomic mass is 32.2. The molecule has 3 aromatic rings. The number of aryl methyl sites for hydroxylation is 1. The minimum atomic E-state index is -3.76. The average molecular weight is 538 g/mol. The van der Waals surface area contributed by atoms with Crippen molar-refractivity contribution in [1.82, 2.24) is 19.4 Å². The highest BCUT2D eigenvalue weighted by Gasteiger charge is 2.34. The fourth-order valence-electron chi connectivity index (χ4n) is 4.61. The zero-order valence-electron chi connectivity index (χ0n) is 21.5. The standard InChI is InChI=1S/C28H32FN5O3S/c1-21-3-11-25(12-4-21)38(36,37)34(19-22-5-6-22)20-28(35)33-16-2-15-32(17-18-33)27-14-13-26(30-31-27)23-7-9-24(29)10-8-23/h3-4,7-14,22H,2,5-6,15-20H2,1H3. The number of carbonyl (C=O) groups is 1. The van der Waals surface area contributed by atoms with Crippen LogP contribution < -0.4 is 4.90 Å². The summed E-state index contributed by atoms with van der Waals surface area (Å²) in [6.45, 7) is 4.44. The fourth-order valence-corrected chi connectivity index (χ4v) is 6.08. The van der Waals surface area contributed by atoms with Crippen LogP contribution in [-0.4, -0.2) is 73.0 Å². The number of nitrogens with zero attached hydrogens (tertiary/aromatic N) is 5. The maximum atomic E-state index is 13.4. The van der Waals surface area contributed by atoms with E-state index in [9.17, 15) is 17.6 Å². The summed E-state index contributed by atoms with van der Waals surface area (Å²) in [6.07, 6.45) is 2.72. The molecule has 1 saturated heterocycles. The number of hydrogen-bond donors (Lipinski definition) is 0. The Morgan fingerprint density at radius 3 is 2.34 bits per heavy atom. The number of benzene rings is 2. The Kier molecular flexibility index (Phi) is 7.71. The summed E-state index contributed by atoms with van der Waals surface area (Å²) >= 11 is 0. The van der Waals surface area contributed by atoms with Crippen LogP contribution in [-0.2, 0) is 14.8 Å². The predicted molar refractivity (Wildman–Crippen MR) is 143 cm³/mol. The van der Waals surface area contributed by atoms with Crippen molar-refractivity contribution in [3.8, 4) is 11.3 Å². The third kappa shape index (κ3) is 6.19. The van der Waals surface area contributed by atoms with Crippen LogP contribution in [0.3, 0.4) is 0 Å². The third-order valence-corrected chi connectivity index (χ3v) is 8.92. The molecular weight excluding hydrogens is 505 g/mol. The molecule has 0 radical (unpaired) electrons. The molecule has 1 saturated carbocycles. The molecule has 2 aromatic carbocycles. The van der Waals surface area contributed by atoms with Gasteiger partial charge in [0.05, 0.1) is 17.1 Å². The first-order valence-electron chi connectivity index (χ1n) is 13.0. The van der Waals surface area contributed by atoms with Gasteiger partial charge < -0.3 is 9.80 Å². The van der Waals surface area contributed by atoms with Crippen molar-refractivity contribution in [2.24, 2.45) is 5.92 Å². The van der Waals surface area contributed by atoms with Crippen LogP contribution in [0.2, 0.25) is 0 Å². The van der Waals surface area contributed by atoms with E-state index in [2.05, 4.69) is 15.1 Å². The van der Waals surface area contributed by atoms with Crippen molar-refractivity contribution in [3.05, 3.63) is 72.0 Å². The number of sulfonamides is 1. The van der Waals surface area contributed by atoms with Crippen LogP contribution >= 0.6 is 0 Å². The summed E-state index contributed by atoms with van der Waals surface area (Å²) in [5.41, 5.74) is 2.43. The Morgan fingerprint density at radius 1 is 0.947 bits per heavy atom. The largest absolute Gasteiger partial charge is 0.353 e. The molecule has 38 heavy (non-hydrogen) atoms. The van der Waals surface area contributed by atoms with Gasteiger partial charge in [-0.25, -0.2) is 12.8 Å². The quantitative estimate of drug-likeness (QED) is 0.435. The van der Waals surface area contributed by atoms with E-state index < -0.39 is 10.0 Å². The number of amides is 1. The number of anilines is 1. The summed E-state index contributed by atoms with van der Waals surface area (Å²) in [6, 6.07) is 16.6. The van der Waals surface area contributed by atoms with E-state index in [0.717, 1.165) is 30.4 Å². The molecule has 0 atom stereocenters. The second-order valence-electron chi connectivity index (χ2n) is 10.1. The summed E-state index contributed by atoms with van der Waals surface area (Å²) in [7, 11) is -3.76. The monoisotopic (exact) mass is 537 g/mol. The van der Waals surface area contributed by atoms with E-state index in [0.29, 0.717) is 50.2 Å². The molecule has 8 nitrogen and oxygen atoms in total. The lowest BCUT2D eigenvalue weighted by Crippen LogP contribution is -2.44. The summed E-state index contributed by atoms with van der Waals surface area (Å²) in [4.78, 5) is 17.4. The number of carbonyl (C=O) groups excluding carboxylic acids is 1.